The van der Waals surface area contributed by atoms with Crippen molar-refractivity contribution in [3.63, 3.8) is 0 Å². The zero-order valence-corrected chi connectivity index (χ0v) is 16.4. The van der Waals surface area contributed by atoms with E-state index in [2.05, 4.69) is 4.99 Å². The number of halogens is 1. The molecular formula is C22H18ClN3O3. The molecule has 0 aliphatic carbocycles. The van der Waals surface area contributed by atoms with E-state index >= 15 is 0 Å². The van der Waals surface area contributed by atoms with Gasteiger partial charge in [-0.3, -0.25) is 9.69 Å². The van der Waals surface area contributed by atoms with Gasteiger partial charge in [0.15, 0.2) is 0 Å². The number of ether oxygens (including phenoxy) is 1. The van der Waals surface area contributed by atoms with Crippen molar-refractivity contribution in [3.8, 4) is 17.1 Å². The van der Waals surface area contributed by atoms with Crippen LogP contribution < -0.4 is 10.5 Å². The highest BCUT2D eigenvalue weighted by Gasteiger charge is 2.28. The Morgan fingerprint density at radius 1 is 1.17 bits per heavy atom. The van der Waals surface area contributed by atoms with Gasteiger partial charge >= 0.3 is 0 Å². The van der Waals surface area contributed by atoms with Gasteiger partial charge in [0.05, 0.1) is 18.7 Å². The second kappa shape index (κ2) is 7.85. The Balaban J connectivity index is 1.55. The predicted molar refractivity (Wildman–Crippen MR) is 112 cm³/mol. The molecule has 1 amide bonds. The molecular weight excluding hydrogens is 390 g/mol. The molecule has 0 saturated carbocycles. The molecule has 29 heavy (non-hydrogen) atoms. The average molecular weight is 408 g/mol. The van der Waals surface area contributed by atoms with Crippen molar-refractivity contribution in [2.24, 2.45) is 10.7 Å². The molecule has 2 heterocycles. The van der Waals surface area contributed by atoms with Crippen molar-refractivity contribution >= 4 is 29.5 Å². The lowest BCUT2D eigenvalue weighted by Crippen LogP contribution is -2.36. The molecule has 0 saturated heterocycles. The zero-order valence-electron chi connectivity index (χ0n) is 15.6. The van der Waals surface area contributed by atoms with E-state index in [1.54, 1.807) is 37.5 Å². The third kappa shape index (κ3) is 3.88. The van der Waals surface area contributed by atoms with Crippen LogP contribution in [0.5, 0.6) is 5.75 Å². The number of nitrogens with two attached hydrogens (primary N) is 1. The number of methoxy groups -OCH3 is 1. The number of guanidine groups is 1. The van der Waals surface area contributed by atoms with E-state index in [1.165, 1.54) is 4.90 Å². The fraction of sp³-hybridized carbons (Fsp3) is 0.0909. The maximum absolute atomic E-state index is 12.7. The highest BCUT2D eigenvalue weighted by molar-refractivity contribution is 6.32. The lowest BCUT2D eigenvalue weighted by atomic mass is 10.1. The van der Waals surface area contributed by atoms with E-state index in [0.717, 1.165) is 11.1 Å². The predicted octanol–water partition coefficient (Wildman–Crippen LogP) is 4.31. The Bertz CT molecular complexity index is 1120. The number of benzene rings is 2. The monoisotopic (exact) mass is 407 g/mol. The lowest BCUT2D eigenvalue weighted by Gasteiger charge is -2.15. The molecule has 2 aromatic carbocycles. The topological polar surface area (TPSA) is 81.1 Å². The van der Waals surface area contributed by atoms with E-state index in [1.807, 2.05) is 36.4 Å². The van der Waals surface area contributed by atoms with E-state index < -0.39 is 0 Å². The summed E-state index contributed by atoms with van der Waals surface area (Å²) in [5.41, 5.74) is 7.95. The molecule has 6 nitrogen and oxygen atoms in total. The molecule has 1 aliphatic rings. The molecule has 3 aromatic rings. The maximum Gasteiger partial charge on any atom is 0.279 e. The number of hydrogen-bond donors (Lipinski definition) is 1. The fourth-order valence-electron chi connectivity index (χ4n) is 3.03. The number of rotatable bonds is 5. The lowest BCUT2D eigenvalue weighted by molar-refractivity contribution is -0.123. The molecule has 0 atom stereocenters. The molecule has 0 radical (unpaired) electrons. The first-order valence-electron chi connectivity index (χ1n) is 8.90. The van der Waals surface area contributed by atoms with Gasteiger partial charge in [0, 0.05) is 11.6 Å². The third-order valence-electron chi connectivity index (χ3n) is 4.50. The van der Waals surface area contributed by atoms with Gasteiger partial charge in [-0.05, 0) is 35.9 Å². The maximum atomic E-state index is 12.7. The van der Waals surface area contributed by atoms with E-state index in [0.29, 0.717) is 28.8 Å². The first-order valence-corrected chi connectivity index (χ1v) is 9.28. The number of hydrogen-bond acceptors (Lipinski definition) is 5. The summed E-state index contributed by atoms with van der Waals surface area (Å²) in [5, 5.41) is 0.487. The number of amides is 1. The van der Waals surface area contributed by atoms with Crippen LogP contribution in [-0.4, -0.2) is 23.9 Å². The Morgan fingerprint density at radius 2 is 1.97 bits per heavy atom. The van der Waals surface area contributed by atoms with Gasteiger partial charge in [0.25, 0.3) is 5.91 Å². The first kappa shape index (κ1) is 18.8. The molecule has 146 valence electrons. The number of carbonyl (C=O) groups is 1. The summed E-state index contributed by atoms with van der Waals surface area (Å²) in [5.74, 6) is 1.60. The van der Waals surface area contributed by atoms with Crippen LogP contribution in [0.3, 0.4) is 0 Å². The normalized spacial score (nSPS) is 15.1. The summed E-state index contributed by atoms with van der Waals surface area (Å²) < 4.78 is 11.0. The Morgan fingerprint density at radius 3 is 2.69 bits per heavy atom. The van der Waals surface area contributed by atoms with Crippen molar-refractivity contribution in [2.45, 2.75) is 6.54 Å². The van der Waals surface area contributed by atoms with Gasteiger partial charge < -0.3 is 14.9 Å². The van der Waals surface area contributed by atoms with Gasteiger partial charge in [-0.25, -0.2) is 4.99 Å². The molecule has 1 aromatic heterocycles. The van der Waals surface area contributed by atoms with Crippen LogP contribution in [0.25, 0.3) is 17.4 Å². The summed E-state index contributed by atoms with van der Waals surface area (Å²) in [6.07, 6.45) is 1.58. The minimum absolute atomic E-state index is 0.166. The SMILES string of the molecule is COc1ccc(-c2ccc(/C=C3/N=C(N)N(Cc4ccccc4)C3=O)o2)cc1Cl. The standard InChI is InChI=1S/C22H18ClN3O3/c1-28-20-9-7-15(11-17(20)23)19-10-8-16(29-19)12-18-21(27)26(22(24)25-18)13-14-5-3-2-4-6-14/h2-12H,13H2,1H3,(H2,24,25)/b18-12+. The van der Waals surface area contributed by atoms with Crippen molar-refractivity contribution < 1.29 is 13.9 Å². The quantitative estimate of drug-likeness (QED) is 0.639. The number of carbonyl (C=O) groups excluding carboxylic acids is 1. The largest absolute Gasteiger partial charge is 0.495 e. The van der Waals surface area contributed by atoms with E-state index in [9.17, 15) is 4.79 Å². The number of nitrogens with zero attached hydrogens (tertiary/aromatic N) is 2. The number of aliphatic imine (C=N–C) groups is 1. The molecule has 4 rings (SSSR count). The summed E-state index contributed by atoms with van der Waals surface area (Å²) in [7, 11) is 1.56. The van der Waals surface area contributed by atoms with Gasteiger partial charge in [-0.15, -0.1) is 0 Å². The Hall–Kier alpha value is -3.51. The number of furan rings is 1. The Labute approximate surface area is 172 Å². The van der Waals surface area contributed by atoms with Crippen molar-refractivity contribution in [1.82, 2.24) is 4.90 Å². The van der Waals surface area contributed by atoms with Crippen LogP contribution >= 0.6 is 11.6 Å². The smallest absolute Gasteiger partial charge is 0.279 e. The molecule has 0 spiro atoms. The van der Waals surface area contributed by atoms with Gasteiger partial charge in [0.2, 0.25) is 5.96 Å². The molecule has 0 bridgehead atoms. The second-order valence-corrected chi connectivity index (χ2v) is 6.84. The molecule has 0 unspecified atom stereocenters. The van der Waals surface area contributed by atoms with Gasteiger partial charge in [-0.2, -0.15) is 0 Å². The summed E-state index contributed by atoms with van der Waals surface area (Å²) in [6, 6.07) is 18.5. The minimum Gasteiger partial charge on any atom is -0.495 e. The van der Waals surface area contributed by atoms with Gasteiger partial charge in [-0.1, -0.05) is 41.9 Å². The van der Waals surface area contributed by atoms with Crippen LogP contribution in [0.1, 0.15) is 11.3 Å². The highest BCUT2D eigenvalue weighted by atomic mass is 35.5. The van der Waals surface area contributed by atoms with E-state index in [4.69, 9.17) is 26.5 Å². The van der Waals surface area contributed by atoms with Crippen LogP contribution in [0, 0.1) is 0 Å². The Kier molecular flexibility index (Phi) is 5.10. The van der Waals surface area contributed by atoms with Crippen LogP contribution in [0.2, 0.25) is 5.02 Å². The molecule has 7 heteroatoms. The molecule has 0 fully saturated rings. The highest BCUT2D eigenvalue weighted by Crippen LogP contribution is 2.31. The van der Waals surface area contributed by atoms with Gasteiger partial charge in [0.1, 0.15) is 23.0 Å². The van der Waals surface area contributed by atoms with E-state index in [-0.39, 0.29) is 17.6 Å². The summed E-state index contributed by atoms with van der Waals surface area (Å²) >= 11 is 6.18. The molecule has 1 aliphatic heterocycles. The second-order valence-electron chi connectivity index (χ2n) is 6.43. The zero-order chi connectivity index (χ0) is 20.4. The third-order valence-corrected chi connectivity index (χ3v) is 4.80. The van der Waals surface area contributed by atoms with Crippen molar-refractivity contribution in [3.05, 3.63) is 82.7 Å². The first-order chi connectivity index (χ1) is 14.0. The summed E-state index contributed by atoms with van der Waals surface area (Å²) in [4.78, 5) is 18.3. The molecule has 2 N–H and O–H groups in total. The van der Waals surface area contributed by atoms with Crippen molar-refractivity contribution in [2.75, 3.05) is 7.11 Å². The summed E-state index contributed by atoms with van der Waals surface area (Å²) in [6.45, 7) is 0.361. The average Bonchev–Trinajstić information content (AvgIpc) is 3.29. The fourth-order valence-corrected chi connectivity index (χ4v) is 3.28. The van der Waals surface area contributed by atoms with Crippen LogP contribution in [0.15, 0.2) is 75.8 Å². The van der Waals surface area contributed by atoms with Crippen LogP contribution in [0.4, 0.5) is 0 Å². The van der Waals surface area contributed by atoms with Crippen LogP contribution in [-0.2, 0) is 11.3 Å². The minimum atomic E-state index is -0.267. The van der Waals surface area contributed by atoms with Crippen molar-refractivity contribution in [1.29, 1.82) is 0 Å².